The predicted octanol–water partition coefficient (Wildman–Crippen LogP) is 3.29. The number of oxazole rings is 1. The first-order valence-corrected chi connectivity index (χ1v) is 8.07. The first-order chi connectivity index (χ1) is 12.5. The maximum absolute atomic E-state index is 12.9. The van der Waals surface area contributed by atoms with Crippen molar-refractivity contribution in [3.63, 3.8) is 0 Å². The molecule has 0 fully saturated rings. The average molecular weight is 360 g/mol. The molecular weight excluding hydrogens is 342 g/mol. The van der Waals surface area contributed by atoms with E-state index in [0.29, 0.717) is 23.8 Å². The lowest BCUT2D eigenvalue weighted by Gasteiger charge is -2.04. The largest absolute Gasteiger partial charge is 0.441 e. The van der Waals surface area contributed by atoms with Crippen molar-refractivity contribution >= 4 is 5.91 Å². The highest BCUT2D eigenvalue weighted by molar-refractivity contribution is 5.95. The molecule has 2 heterocycles. The monoisotopic (exact) mass is 360 g/mol. The molecule has 0 bridgehead atoms. The van der Waals surface area contributed by atoms with Gasteiger partial charge in [-0.25, -0.2) is 13.8 Å². The Morgan fingerprint density at radius 2 is 2.04 bits per heavy atom. The SMILES string of the molecule is Cc1oc(-c2ccccc2)nc1CCNC(=O)c1cn(C)nc1C(F)F. The number of rotatable bonds is 6. The average Bonchev–Trinajstić information content (AvgIpc) is 3.19. The molecule has 0 spiro atoms. The Labute approximate surface area is 148 Å². The van der Waals surface area contributed by atoms with Crippen molar-refractivity contribution in [3.05, 3.63) is 59.2 Å². The van der Waals surface area contributed by atoms with Gasteiger partial charge in [-0.05, 0) is 19.1 Å². The van der Waals surface area contributed by atoms with Gasteiger partial charge in [0.05, 0.1) is 11.3 Å². The highest BCUT2D eigenvalue weighted by Gasteiger charge is 2.22. The van der Waals surface area contributed by atoms with Crippen molar-refractivity contribution in [2.75, 3.05) is 6.54 Å². The molecule has 0 aliphatic rings. The molecule has 1 amide bonds. The van der Waals surface area contributed by atoms with Gasteiger partial charge in [0.15, 0.2) is 0 Å². The van der Waals surface area contributed by atoms with Crippen molar-refractivity contribution < 1.29 is 18.0 Å². The molecule has 0 radical (unpaired) electrons. The van der Waals surface area contributed by atoms with Gasteiger partial charge < -0.3 is 9.73 Å². The normalized spacial score (nSPS) is 11.1. The van der Waals surface area contributed by atoms with Crippen LogP contribution in [0.4, 0.5) is 8.78 Å². The van der Waals surface area contributed by atoms with Crippen LogP contribution in [-0.4, -0.2) is 27.2 Å². The van der Waals surface area contributed by atoms with Gasteiger partial charge in [-0.1, -0.05) is 18.2 Å². The highest BCUT2D eigenvalue weighted by Crippen LogP contribution is 2.22. The second-order valence-corrected chi connectivity index (χ2v) is 5.80. The molecule has 1 aromatic carbocycles. The molecule has 2 aromatic heterocycles. The number of hydrogen-bond donors (Lipinski definition) is 1. The number of carbonyl (C=O) groups excluding carboxylic acids is 1. The number of halogens is 2. The summed E-state index contributed by atoms with van der Waals surface area (Å²) in [5, 5.41) is 6.25. The smallest absolute Gasteiger partial charge is 0.282 e. The van der Waals surface area contributed by atoms with Crippen LogP contribution in [0.15, 0.2) is 40.9 Å². The minimum Gasteiger partial charge on any atom is -0.441 e. The van der Waals surface area contributed by atoms with E-state index in [1.165, 1.54) is 17.9 Å². The van der Waals surface area contributed by atoms with Crippen LogP contribution in [0.5, 0.6) is 0 Å². The zero-order chi connectivity index (χ0) is 18.7. The lowest BCUT2D eigenvalue weighted by molar-refractivity contribution is 0.0939. The maximum Gasteiger partial charge on any atom is 0.282 e. The van der Waals surface area contributed by atoms with Crippen LogP contribution in [0, 0.1) is 6.92 Å². The lowest BCUT2D eigenvalue weighted by atomic mass is 10.2. The third kappa shape index (κ3) is 3.79. The molecule has 0 atom stereocenters. The molecular formula is C18H18F2N4O2. The Kier molecular flexibility index (Phi) is 5.11. The molecule has 0 saturated heterocycles. The van der Waals surface area contributed by atoms with Crippen molar-refractivity contribution in [2.24, 2.45) is 7.05 Å². The minimum atomic E-state index is -2.80. The standard InChI is InChI=1S/C18H18F2N4O2/c1-11-14(22-18(26-11)12-6-4-3-5-7-12)8-9-21-17(25)13-10-24(2)23-15(13)16(19)20/h3-7,10,16H,8-9H2,1-2H3,(H,21,25). The number of amides is 1. The van der Waals surface area contributed by atoms with Gasteiger partial charge in [-0.15, -0.1) is 0 Å². The maximum atomic E-state index is 12.9. The molecule has 0 aliphatic heterocycles. The Morgan fingerprint density at radius 3 is 2.73 bits per heavy atom. The second kappa shape index (κ2) is 7.47. The summed E-state index contributed by atoms with van der Waals surface area (Å²) in [6.07, 6.45) is -1.09. The molecule has 0 unspecified atom stereocenters. The van der Waals surface area contributed by atoms with Gasteiger partial charge in [0.1, 0.15) is 11.5 Å². The summed E-state index contributed by atoms with van der Waals surface area (Å²) in [6, 6.07) is 9.48. The van der Waals surface area contributed by atoms with Gasteiger partial charge in [-0.3, -0.25) is 9.48 Å². The Hall–Kier alpha value is -3.03. The molecule has 136 valence electrons. The van der Waals surface area contributed by atoms with E-state index >= 15 is 0 Å². The summed E-state index contributed by atoms with van der Waals surface area (Å²) in [4.78, 5) is 16.6. The fourth-order valence-electron chi connectivity index (χ4n) is 2.60. The lowest BCUT2D eigenvalue weighted by Crippen LogP contribution is -2.26. The van der Waals surface area contributed by atoms with E-state index < -0.39 is 18.0 Å². The van der Waals surface area contributed by atoms with Crippen LogP contribution in [0.1, 0.15) is 33.9 Å². The number of nitrogens with zero attached hydrogens (tertiary/aromatic N) is 3. The molecule has 6 nitrogen and oxygen atoms in total. The van der Waals surface area contributed by atoms with Crippen LogP contribution in [-0.2, 0) is 13.5 Å². The van der Waals surface area contributed by atoms with Crippen LogP contribution in [0.25, 0.3) is 11.5 Å². The van der Waals surface area contributed by atoms with Gasteiger partial charge >= 0.3 is 0 Å². The topological polar surface area (TPSA) is 73.0 Å². The molecule has 3 aromatic rings. The van der Waals surface area contributed by atoms with Gasteiger partial charge in [-0.2, -0.15) is 5.10 Å². The van der Waals surface area contributed by atoms with E-state index in [9.17, 15) is 13.6 Å². The molecule has 26 heavy (non-hydrogen) atoms. The van der Waals surface area contributed by atoms with E-state index in [4.69, 9.17) is 4.42 Å². The van der Waals surface area contributed by atoms with Gasteiger partial charge in [0.25, 0.3) is 12.3 Å². The summed E-state index contributed by atoms with van der Waals surface area (Å²) in [5.74, 6) is 0.585. The highest BCUT2D eigenvalue weighted by atomic mass is 19.3. The summed E-state index contributed by atoms with van der Waals surface area (Å²) < 4.78 is 32.7. The third-order valence-corrected chi connectivity index (χ3v) is 3.87. The number of hydrogen-bond acceptors (Lipinski definition) is 4. The third-order valence-electron chi connectivity index (χ3n) is 3.87. The summed E-state index contributed by atoms with van der Waals surface area (Å²) >= 11 is 0. The summed E-state index contributed by atoms with van der Waals surface area (Å²) in [5.41, 5.74) is 0.936. The quantitative estimate of drug-likeness (QED) is 0.732. The van der Waals surface area contributed by atoms with Crippen molar-refractivity contribution in [3.8, 4) is 11.5 Å². The summed E-state index contributed by atoms with van der Waals surface area (Å²) in [6.45, 7) is 2.05. The van der Waals surface area contributed by atoms with E-state index in [2.05, 4.69) is 15.4 Å². The Morgan fingerprint density at radius 1 is 1.31 bits per heavy atom. The Balaban J connectivity index is 1.64. The number of benzene rings is 1. The van der Waals surface area contributed by atoms with Crippen LogP contribution < -0.4 is 5.32 Å². The van der Waals surface area contributed by atoms with E-state index in [1.54, 1.807) is 6.92 Å². The molecule has 0 saturated carbocycles. The van der Waals surface area contributed by atoms with Crippen molar-refractivity contribution in [1.82, 2.24) is 20.1 Å². The number of aryl methyl sites for hydroxylation is 2. The number of nitrogens with one attached hydrogen (secondary N) is 1. The molecule has 3 rings (SSSR count). The van der Waals surface area contributed by atoms with Crippen molar-refractivity contribution in [1.29, 1.82) is 0 Å². The number of carbonyl (C=O) groups is 1. The van der Waals surface area contributed by atoms with Gasteiger partial charge in [0.2, 0.25) is 5.89 Å². The van der Waals surface area contributed by atoms with Crippen LogP contribution in [0.2, 0.25) is 0 Å². The Bertz CT molecular complexity index is 903. The molecule has 0 aliphatic carbocycles. The fraction of sp³-hybridized carbons (Fsp3) is 0.278. The fourth-order valence-corrected chi connectivity index (χ4v) is 2.60. The van der Waals surface area contributed by atoms with E-state index in [-0.39, 0.29) is 12.1 Å². The van der Waals surface area contributed by atoms with E-state index in [1.807, 2.05) is 30.3 Å². The number of aromatic nitrogens is 3. The summed E-state index contributed by atoms with van der Waals surface area (Å²) in [7, 11) is 1.49. The van der Waals surface area contributed by atoms with Crippen LogP contribution in [0.3, 0.4) is 0 Å². The molecule has 8 heteroatoms. The zero-order valence-electron chi connectivity index (χ0n) is 14.4. The minimum absolute atomic E-state index is 0.121. The van der Waals surface area contributed by atoms with Crippen molar-refractivity contribution in [2.45, 2.75) is 19.8 Å². The predicted molar refractivity (Wildman–Crippen MR) is 90.9 cm³/mol. The van der Waals surface area contributed by atoms with E-state index in [0.717, 1.165) is 5.56 Å². The van der Waals surface area contributed by atoms with Gasteiger partial charge in [0, 0.05) is 31.8 Å². The van der Waals surface area contributed by atoms with Crippen LogP contribution >= 0.6 is 0 Å². The zero-order valence-corrected chi connectivity index (χ0v) is 14.4. The first kappa shape index (κ1) is 17.8. The molecule has 1 N–H and O–H groups in total. The first-order valence-electron chi connectivity index (χ1n) is 8.07. The second-order valence-electron chi connectivity index (χ2n) is 5.80. The number of alkyl halides is 2.